The molecule has 0 aliphatic rings. The lowest BCUT2D eigenvalue weighted by atomic mass is 10.1. The fourth-order valence-electron chi connectivity index (χ4n) is 2.68. The average molecular weight is 393 g/mol. The molecule has 0 aliphatic heterocycles. The molecule has 0 fully saturated rings. The van der Waals surface area contributed by atoms with Crippen molar-refractivity contribution in [3.63, 3.8) is 0 Å². The van der Waals surface area contributed by atoms with E-state index in [1.165, 1.54) is 18.3 Å². The highest BCUT2D eigenvalue weighted by Gasteiger charge is 2.11. The van der Waals surface area contributed by atoms with E-state index in [4.69, 9.17) is 16.0 Å². The maximum atomic E-state index is 14.1. The lowest BCUT2D eigenvalue weighted by Crippen LogP contribution is -2.09. The highest BCUT2D eigenvalue weighted by molar-refractivity contribution is 5.68. The van der Waals surface area contributed by atoms with Crippen LogP contribution in [-0.2, 0) is 17.9 Å². The standard InChI is InChI=1S/C20H20FN7O/c1-29-12-14-6-4-5-13(25-14)10-24-11-19(28-23)18-9-17(26-20(22)27-18)15-7-2-3-8-16(15)21/h2-9,11,23-24H,10,12H2,1H3,(H2,22,26,27)/b19-11-,28-23?. The molecule has 9 heteroatoms. The zero-order chi connectivity index (χ0) is 20.6. The molecule has 0 amide bonds. The van der Waals surface area contributed by atoms with Crippen LogP contribution < -0.4 is 11.1 Å². The zero-order valence-corrected chi connectivity index (χ0v) is 15.8. The first kappa shape index (κ1) is 20.0. The van der Waals surface area contributed by atoms with Crippen LogP contribution in [-0.4, -0.2) is 22.1 Å². The number of hydrogen-bond acceptors (Lipinski definition) is 8. The van der Waals surface area contributed by atoms with E-state index in [0.717, 1.165) is 11.4 Å². The van der Waals surface area contributed by atoms with Gasteiger partial charge in [0, 0.05) is 18.9 Å². The van der Waals surface area contributed by atoms with Crippen LogP contribution in [0.1, 0.15) is 17.1 Å². The number of ether oxygens (including phenoxy) is 1. The number of halogens is 1. The van der Waals surface area contributed by atoms with E-state index >= 15 is 0 Å². The van der Waals surface area contributed by atoms with Crippen LogP contribution in [0.3, 0.4) is 0 Å². The predicted octanol–water partition coefficient (Wildman–Crippen LogP) is 3.53. The molecule has 0 radical (unpaired) electrons. The van der Waals surface area contributed by atoms with Crippen LogP contribution in [0.4, 0.5) is 10.3 Å². The van der Waals surface area contributed by atoms with Crippen molar-refractivity contribution in [1.82, 2.24) is 20.3 Å². The van der Waals surface area contributed by atoms with Gasteiger partial charge in [0.2, 0.25) is 5.95 Å². The number of methoxy groups -OCH3 is 1. The average Bonchev–Trinajstić information content (AvgIpc) is 2.72. The third-order valence-corrected chi connectivity index (χ3v) is 3.95. The number of nitrogens with zero attached hydrogens (tertiary/aromatic N) is 4. The van der Waals surface area contributed by atoms with Gasteiger partial charge in [-0.25, -0.2) is 19.9 Å². The Morgan fingerprint density at radius 1 is 1.17 bits per heavy atom. The van der Waals surface area contributed by atoms with E-state index in [2.05, 4.69) is 25.4 Å². The number of pyridine rings is 1. The lowest BCUT2D eigenvalue weighted by Gasteiger charge is -2.08. The van der Waals surface area contributed by atoms with E-state index < -0.39 is 5.82 Å². The van der Waals surface area contributed by atoms with E-state index in [9.17, 15) is 4.39 Å². The van der Waals surface area contributed by atoms with Crippen LogP contribution in [0.25, 0.3) is 17.0 Å². The summed E-state index contributed by atoms with van der Waals surface area (Å²) in [7, 11) is 1.61. The maximum Gasteiger partial charge on any atom is 0.221 e. The third kappa shape index (κ3) is 5.17. The molecule has 29 heavy (non-hydrogen) atoms. The molecule has 0 saturated carbocycles. The number of aromatic nitrogens is 3. The molecule has 0 bridgehead atoms. The third-order valence-electron chi connectivity index (χ3n) is 3.95. The van der Waals surface area contributed by atoms with Crippen molar-refractivity contribution in [2.24, 2.45) is 5.11 Å². The van der Waals surface area contributed by atoms with Gasteiger partial charge in [0.15, 0.2) is 0 Å². The Balaban J connectivity index is 1.81. The molecular formula is C20H20FN7O. The van der Waals surface area contributed by atoms with Gasteiger partial charge in [0.1, 0.15) is 11.5 Å². The summed E-state index contributed by atoms with van der Waals surface area (Å²) in [5.41, 5.74) is 16.0. The van der Waals surface area contributed by atoms with Crippen molar-refractivity contribution in [3.8, 4) is 11.3 Å². The van der Waals surface area contributed by atoms with Crippen molar-refractivity contribution >= 4 is 11.6 Å². The van der Waals surface area contributed by atoms with Gasteiger partial charge in [-0.15, -0.1) is 0 Å². The number of nitrogen functional groups attached to an aromatic ring is 1. The summed E-state index contributed by atoms with van der Waals surface area (Å²) in [5.74, 6) is -0.464. The minimum absolute atomic E-state index is 0.0377. The van der Waals surface area contributed by atoms with Gasteiger partial charge >= 0.3 is 0 Å². The van der Waals surface area contributed by atoms with Crippen LogP contribution >= 0.6 is 0 Å². The molecule has 4 N–H and O–H groups in total. The molecule has 2 aromatic heterocycles. The molecule has 148 valence electrons. The van der Waals surface area contributed by atoms with E-state index in [1.54, 1.807) is 25.3 Å². The predicted molar refractivity (Wildman–Crippen MR) is 107 cm³/mol. The van der Waals surface area contributed by atoms with E-state index in [1.807, 2.05) is 18.2 Å². The highest BCUT2D eigenvalue weighted by atomic mass is 19.1. The van der Waals surface area contributed by atoms with Crippen molar-refractivity contribution in [2.75, 3.05) is 12.8 Å². The fourth-order valence-corrected chi connectivity index (χ4v) is 2.68. The highest BCUT2D eigenvalue weighted by Crippen LogP contribution is 2.24. The molecule has 1 aromatic carbocycles. The molecule has 8 nitrogen and oxygen atoms in total. The van der Waals surface area contributed by atoms with E-state index in [-0.39, 0.29) is 11.6 Å². The van der Waals surface area contributed by atoms with Gasteiger partial charge in [0.05, 0.1) is 35.9 Å². The molecule has 0 aliphatic carbocycles. The monoisotopic (exact) mass is 393 g/mol. The number of anilines is 1. The van der Waals surface area contributed by atoms with E-state index in [0.29, 0.717) is 30.1 Å². The number of nitrogens with two attached hydrogens (primary N) is 1. The molecule has 3 rings (SSSR count). The van der Waals surface area contributed by atoms with Gasteiger partial charge in [-0.1, -0.05) is 18.2 Å². The molecule has 2 heterocycles. The van der Waals surface area contributed by atoms with Crippen molar-refractivity contribution in [2.45, 2.75) is 13.2 Å². The number of hydrogen-bond donors (Lipinski definition) is 3. The largest absolute Gasteiger partial charge is 0.383 e. The summed E-state index contributed by atoms with van der Waals surface area (Å²) in [6, 6.07) is 13.4. The SMILES string of the molecule is COCc1cccc(CN/C=C(\N=N)c2cc(-c3ccccc3F)nc(N)n2)n1. The van der Waals surface area contributed by atoms with Crippen molar-refractivity contribution in [1.29, 1.82) is 5.53 Å². The maximum absolute atomic E-state index is 14.1. The molecule has 0 spiro atoms. The van der Waals surface area contributed by atoms with Gasteiger partial charge in [-0.05, 0) is 30.3 Å². The smallest absolute Gasteiger partial charge is 0.221 e. The molecule has 3 aromatic rings. The zero-order valence-electron chi connectivity index (χ0n) is 15.8. The summed E-state index contributed by atoms with van der Waals surface area (Å²) >= 11 is 0. The first-order chi connectivity index (χ1) is 14.1. The quantitative estimate of drug-likeness (QED) is 0.503. The number of benzene rings is 1. The van der Waals surface area contributed by atoms with Crippen LogP contribution in [0, 0.1) is 11.3 Å². The first-order valence-corrected chi connectivity index (χ1v) is 8.75. The summed E-state index contributed by atoms with van der Waals surface area (Å²) < 4.78 is 19.2. The van der Waals surface area contributed by atoms with Gasteiger partial charge in [-0.3, -0.25) is 4.98 Å². The van der Waals surface area contributed by atoms with Crippen LogP contribution in [0.15, 0.2) is 59.8 Å². The fraction of sp³-hybridized carbons (Fsp3) is 0.150. The normalized spacial score (nSPS) is 11.3. The molecule has 0 saturated heterocycles. The van der Waals surface area contributed by atoms with Crippen LogP contribution in [0.2, 0.25) is 0 Å². The Bertz CT molecular complexity index is 1040. The first-order valence-electron chi connectivity index (χ1n) is 8.75. The topological polar surface area (TPSA) is 122 Å². The number of rotatable bonds is 8. The second kappa shape index (κ2) is 9.47. The Hall–Kier alpha value is -3.72. The van der Waals surface area contributed by atoms with Gasteiger partial charge < -0.3 is 15.8 Å². The molecular weight excluding hydrogens is 373 g/mol. The molecule has 0 unspecified atom stereocenters. The Morgan fingerprint density at radius 2 is 1.97 bits per heavy atom. The summed E-state index contributed by atoms with van der Waals surface area (Å²) in [4.78, 5) is 12.7. The van der Waals surface area contributed by atoms with Gasteiger partial charge in [0.25, 0.3) is 0 Å². The number of nitrogens with one attached hydrogen (secondary N) is 2. The summed E-state index contributed by atoms with van der Waals surface area (Å²) in [6.07, 6.45) is 1.53. The minimum Gasteiger partial charge on any atom is -0.383 e. The van der Waals surface area contributed by atoms with Gasteiger partial charge in [-0.2, -0.15) is 5.11 Å². The Morgan fingerprint density at radius 3 is 2.72 bits per heavy atom. The van der Waals surface area contributed by atoms with Crippen molar-refractivity contribution in [3.05, 3.63) is 77.6 Å². The Labute approximate surface area is 167 Å². The Kier molecular flexibility index (Phi) is 6.54. The minimum atomic E-state index is -0.426. The second-order valence-corrected chi connectivity index (χ2v) is 6.05. The molecule has 0 atom stereocenters. The summed E-state index contributed by atoms with van der Waals surface area (Å²) in [5, 5.41) is 6.56. The second-order valence-electron chi connectivity index (χ2n) is 6.05. The van der Waals surface area contributed by atoms with Crippen molar-refractivity contribution < 1.29 is 9.13 Å². The lowest BCUT2D eigenvalue weighted by molar-refractivity contribution is 0.181. The summed E-state index contributed by atoms with van der Waals surface area (Å²) in [6.45, 7) is 0.841. The van der Waals surface area contributed by atoms with Crippen LogP contribution in [0.5, 0.6) is 0 Å².